The van der Waals surface area contributed by atoms with Crippen molar-refractivity contribution in [3.63, 3.8) is 0 Å². The minimum atomic E-state index is 0.701. The number of aromatic nitrogens is 1. The summed E-state index contributed by atoms with van der Waals surface area (Å²) in [4.78, 5) is 4.41. The number of aryl methyl sites for hydroxylation is 1. The van der Waals surface area contributed by atoms with Gasteiger partial charge in [-0.3, -0.25) is 4.98 Å². The monoisotopic (exact) mass is 167 g/mol. The molecule has 1 heterocycles. The van der Waals surface area contributed by atoms with Crippen molar-refractivity contribution in [2.45, 2.75) is 25.7 Å². The van der Waals surface area contributed by atoms with Gasteiger partial charge in [0.25, 0.3) is 0 Å². The zero-order valence-corrected chi connectivity index (χ0v) is 7.23. The fourth-order valence-electron chi connectivity index (χ4n) is 1.24. The van der Waals surface area contributed by atoms with Crippen LogP contribution in [0.25, 0.3) is 0 Å². The molecule has 0 saturated heterocycles. The Balaban J connectivity index is 2.39. The Morgan fingerprint density at radius 1 is 1.45 bits per heavy atom. The molecule has 1 aliphatic carbocycles. The average molecular weight is 168 g/mol. The van der Waals surface area contributed by atoms with Crippen molar-refractivity contribution in [3.05, 3.63) is 28.5 Å². The summed E-state index contributed by atoms with van der Waals surface area (Å²) in [7, 11) is 0. The second-order valence-corrected chi connectivity index (χ2v) is 3.56. The first-order valence-corrected chi connectivity index (χ1v) is 4.27. The van der Waals surface area contributed by atoms with Gasteiger partial charge in [0.05, 0.1) is 0 Å². The van der Waals surface area contributed by atoms with E-state index in [1.54, 1.807) is 0 Å². The van der Waals surface area contributed by atoms with E-state index in [1.807, 2.05) is 19.1 Å². The fourth-order valence-corrected chi connectivity index (χ4v) is 1.51. The van der Waals surface area contributed by atoms with E-state index in [-0.39, 0.29) is 0 Å². The van der Waals surface area contributed by atoms with E-state index in [2.05, 4.69) is 4.98 Å². The molecule has 0 spiro atoms. The van der Waals surface area contributed by atoms with Gasteiger partial charge >= 0.3 is 0 Å². The number of halogens is 1. The first-order chi connectivity index (χ1) is 5.25. The van der Waals surface area contributed by atoms with Crippen molar-refractivity contribution in [2.24, 2.45) is 0 Å². The van der Waals surface area contributed by atoms with Crippen molar-refractivity contribution in [1.82, 2.24) is 4.98 Å². The number of nitrogens with zero attached hydrogens (tertiary/aromatic N) is 1. The largest absolute Gasteiger partial charge is 0.258 e. The lowest BCUT2D eigenvalue weighted by molar-refractivity contribution is 0.995. The second-order valence-electron chi connectivity index (χ2n) is 3.13. The molecule has 1 aliphatic rings. The van der Waals surface area contributed by atoms with Gasteiger partial charge in [-0.15, -0.1) is 0 Å². The Labute approximate surface area is 71.4 Å². The lowest BCUT2D eigenvalue weighted by Crippen LogP contribution is -1.88. The highest BCUT2D eigenvalue weighted by atomic mass is 35.5. The highest BCUT2D eigenvalue weighted by Crippen LogP contribution is 2.39. The molecule has 0 N–H and O–H groups in total. The van der Waals surface area contributed by atoms with Crippen molar-refractivity contribution in [1.29, 1.82) is 0 Å². The van der Waals surface area contributed by atoms with Crippen molar-refractivity contribution in [3.8, 4) is 0 Å². The predicted octanol–water partition coefficient (Wildman–Crippen LogP) is 2.92. The van der Waals surface area contributed by atoms with Gasteiger partial charge in [-0.1, -0.05) is 11.6 Å². The zero-order chi connectivity index (χ0) is 7.84. The Morgan fingerprint density at radius 2 is 2.18 bits per heavy atom. The molecule has 0 bridgehead atoms. The summed E-state index contributed by atoms with van der Waals surface area (Å²) in [5.41, 5.74) is 2.20. The molecule has 11 heavy (non-hydrogen) atoms. The molecule has 2 rings (SSSR count). The van der Waals surface area contributed by atoms with Crippen LogP contribution in [0, 0.1) is 6.92 Å². The van der Waals surface area contributed by atoms with Crippen LogP contribution in [0.5, 0.6) is 0 Å². The van der Waals surface area contributed by atoms with Crippen LogP contribution < -0.4 is 0 Å². The number of rotatable bonds is 1. The molecule has 0 aliphatic heterocycles. The molecule has 0 radical (unpaired) electrons. The Hall–Kier alpha value is -0.560. The number of pyridine rings is 1. The lowest BCUT2D eigenvalue weighted by Gasteiger charge is -1.99. The molecule has 1 nitrogen and oxygen atoms in total. The van der Waals surface area contributed by atoms with Crippen LogP contribution in [0.4, 0.5) is 0 Å². The van der Waals surface area contributed by atoms with Crippen LogP contribution in [0.1, 0.15) is 30.1 Å². The molecule has 58 valence electrons. The molecule has 1 aromatic heterocycles. The molecular weight excluding hydrogens is 158 g/mol. The van der Waals surface area contributed by atoms with E-state index in [0.717, 1.165) is 10.7 Å². The summed E-state index contributed by atoms with van der Waals surface area (Å²) >= 11 is 5.88. The standard InChI is InChI=1S/C9H10ClN/c1-6-4-8(10)5-9(11-6)7-2-3-7/h4-5,7H,2-3H2,1H3. The molecule has 0 amide bonds. The van der Waals surface area contributed by atoms with Crippen molar-refractivity contribution < 1.29 is 0 Å². The summed E-state index contributed by atoms with van der Waals surface area (Å²) in [6.45, 7) is 1.98. The first kappa shape index (κ1) is 7.11. The maximum absolute atomic E-state index is 5.88. The zero-order valence-electron chi connectivity index (χ0n) is 6.47. The SMILES string of the molecule is Cc1cc(Cl)cc(C2CC2)n1. The van der Waals surface area contributed by atoms with Gasteiger partial charge in [-0.05, 0) is 31.9 Å². The van der Waals surface area contributed by atoms with Gasteiger partial charge in [0.2, 0.25) is 0 Å². The summed E-state index contributed by atoms with van der Waals surface area (Å²) in [5, 5.41) is 0.819. The third kappa shape index (κ3) is 1.54. The minimum Gasteiger partial charge on any atom is -0.258 e. The van der Waals surface area contributed by atoms with Crippen molar-refractivity contribution in [2.75, 3.05) is 0 Å². The predicted molar refractivity (Wildman–Crippen MR) is 46.0 cm³/mol. The van der Waals surface area contributed by atoms with E-state index in [4.69, 9.17) is 11.6 Å². The molecule has 1 saturated carbocycles. The summed E-state index contributed by atoms with van der Waals surface area (Å²) in [5.74, 6) is 0.701. The Bertz CT molecular complexity index is 259. The highest BCUT2D eigenvalue weighted by molar-refractivity contribution is 6.30. The van der Waals surface area contributed by atoms with Gasteiger partial charge < -0.3 is 0 Å². The van der Waals surface area contributed by atoms with Gasteiger partial charge in [0.1, 0.15) is 0 Å². The molecular formula is C9H10ClN. The van der Waals surface area contributed by atoms with Crippen LogP contribution in [-0.2, 0) is 0 Å². The smallest absolute Gasteiger partial charge is 0.0452 e. The molecule has 0 aromatic carbocycles. The minimum absolute atomic E-state index is 0.701. The van der Waals surface area contributed by atoms with E-state index >= 15 is 0 Å². The van der Waals surface area contributed by atoms with Crippen LogP contribution in [-0.4, -0.2) is 4.98 Å². The molecule has 2 heteroatoms. The number of hydrogen-bond donors (Lipinski definition) is 0. The third-order valence-electron chi connectivity index (χ3n) is 1.93. The maximum atomic E-state index is 5.88. The van der Waals surface area contributed by atoms with Gasteiger partial charge in [0, 0.05) is 22.3 Å². The van der Waals surface area contributed by atoms with Crippen LogP contribution >= 0.6 is 11.6 Å². The Morgan fingerprint density at radius 3 is 2.73 bits per heavy atom. The van der Waals surface area contributed by atoms with E-state index in [1.165, 1.54) is 18.5 Å². The van der Waals surface area contributed by atoms with E-state index in [9.17, 15) is 0 Å². The fraction of sp³-hybridized carbons (Fsp3) is 0.444. The van der Waals surface area contributed by atoms with Gasteiger partial charge in [-0.2, -0.15) is 0 Å². The quantitative estimate of drug-likeness (QED) is 0.627. The number of hydrogen-bond acceptors (Lipinski definition) is 1. The van der Waals surface area contributed by atoms with E-state index in [0.29, 0.717) is 5.92 Å². The molecule has 1 fully saturated rings. The second kappa shape index (κ2) is 2.49. The van der Waals surface area contributed by atoms with Crippen LogP contribution in [0.15, 0.2) is 12.1 Å². The van der Waals surface area contributed by atoms with Gasteiger partial charge in [0.15, 0.2) is 0 Å². The first-order valence-electron chi connectivity index (χ1n) is 3.90. The molecule has 0 unspecified atom stereocenters. The maximum Gasteiger partial charge on any atom is 0.0452 e. The third-order valence-corrected chi connectivity index (χ3v) is 2.15. The molecule has 0 atom stereocenters. The lowest BCUT2D eigenvalue weighted by atomic mass is 10.2. The normalized spacial score (nSPS) is 16.9. The van der Waals surface area contributed by atoms with Crippen LogP contribution in [0.2, 0.25) is 5.02 Å². The highest BCUT2D eigenvalue weighted by Gasteiger charge is 2.25. The van der Waals surface area contributed by atoms with E-state index < -0.39 is 0 Å². The van der Waals surface area contributed by atoms with Crippen molar-refractivity contribution >= 4 is 11.6 Å². The van der Waals surface area contributed by atoms with Gasteiger partial charge in [-0.25, -0.2) is 0 Å². The summed E-state index contributed by atoms with van der Waals surface area (Å²) in [6, 6.07) is 3.87. The topological polar surface area (TPSA) is 12.9 Å². The van der Waals surface area contributed by atoms with Crippen LogP contribution in [0.3, 0.4) is 0 Å². The average Bonchev–Trinajstić information content (AvgIpc) is 2.64. The Kier molecular flexibility index (Phi) is 1.61. The summed E-state index contributed by atoms with van der Waals surface area (Å²) in [6.07, 6.45) is 2.57. The summed E-state index contributed by atoms with van der Waals surface area (Å²) < 4.78 is 0. The molecule has 1 aromatic rings.